The number of amides is 2. The van der Waals surface area contributed by atoms with E-state index < -0.39 is 17.8 Å². The molecule has 0 bridgehead atoms. The van der Waals surface area contributed by atoms with Crippen LogP contribution in [0.1, 0.15) is 30.1 Å². The molecule has 1 atom stereocenters. The molecule has 1 aliphatic rings. The van der Waals surface area contributed by atoms with Crippen molar-refractivity contribution in [2.45, 2.75) is 25.8 Å². The van der Waals surface area contributed by atoms with Crippen LogP contribution < -0.4 is 11.1 Å². The molecule has 1 fully saturated rings. The lowest BCUT2D eigenvalue weighted by Gasteiger charge is -2.21. The predicted molar refractivity (Wildman–Crippen MR) is 73.6 cm³/mol. The molecule has 5 nitrogen and oxygen atoms in total. The lowest BCUT2D eigenvalue weighted by molar-refractivity contribution is -0.131. The molecule has 1 aromatic rings. The zero-order chi connectivity index (χ0) is 14.7. The molecular weight excluding hydrogens is 261 g/mol. The number of hydrogen-bond acceptors (Lipinski definition) is 3. The summed E-state index contributed by atoms with van der Waals surface area (Å²) in [6, 6.07) is 3.10. The molecule has 20 heavy (non-hydrogen) atoms. The van der Waals surface area contributed by atoms with Crippen LogP contribution in [0.15, 0.2) is 18.2 Å². The van der Waals surface area contributed by atoms with Gasteiger partial charge >= 0.3 is 0 Å². The van der Waals surface area contributed by atoms with Crippen molar-refractivity contribution in [2.75, 3.05) is 18.8 Å². The topological polar surface area (TPSA) is 75.4 Å². The molecule has 1 aliphatic heterocycles. The van der Waals surface area contributed by atoms with Gasteiger partial charge in [0.1, 0.15) is 11.9 Å². The summed E-state index contributed by atoms with van der Waals surface area (Å²) in [6.45, 7) is 3.03. The second-order valence-corrected chi connectivity index (χ2v) is 4.97. The molecular formula is C14H18FN3O2. The van der Waals surface area contributed by atoms with Crippen LogP contribution in [0.5, 0.6) is 0 Å². The Morgan fingerprint density at radius 2 is 2.00 bits per heavy atom. The Hall–Kier alpha value is -2.11. The third kappa shape index (κ3) is 3.07. The number of nitrogen functional groups attached to an aromatic ring is 1. The smallest absolute Gasteiger partial charge is 0.254 e. The molecule has 108 valence electrons. The molecule has 0 spiro atoms. The van der Waals surface area contributed by atoms with Gasteiger partial charge in [0.15, 0.2) is 0 Å². The highest BCUT2D eigenvalue weighted by Crippen LogP contribution is 2.13. The van der Waals surface area contributed by atoms with Crippen molar-refractivity contribution in [3.63, 3.8) is 0 Å². The first-order chi connectivity index (χ1) is 9.49. The highest BCUT2D eigenvalue weighted by Gasteiger charge is 2.25. The zero-order valence-corrected chi connectivity index (χ0v) is 11.4. The van der Waals surface area contributed by atoms with E-state index in [2.05, 4.69) is 5.32 Å². The standard InChI is InChI=1S/C14H18FN3O2/c1-9(14(20)18-6-2-3-7-18)17-13(19)11-8-10(16)4-5-12(11)15/h4-5,8-9H,2-3,6-7,16H2,1H3,(H,17,19). The number of benzene rings is 1. The number of carbonyl (C=O) groups is 2. The summed E-state index contributed by atoms with van der Waals surface area (Å²) >= 11 is 0. The number of nitrogens with one attached hydrogen (secondary N) is 1. The van der Waals surface area contributed by atoms with E-state index in [0.29, 0.717) is 18.8 Å². The molecule has 0 aliphatic carbocycles. The Balaban J connectivity index is 2.03. The summed E-state index contributed by atoms with van der Waals surface area (Å²) in [5, 5.41) is 2.52. The van der Waals surface area contributed by atoms with Gasteiger partial charge in [-0.05, 0) is 38.0 Å². The first-order valence-corrected chi connectivity index (χ1v) is 6.63. The van der Waals surface area contributed by atoms with Gasteiger partial charge in [-0.15, -0.1) is 0 Å². The predicted octanol–water partition coefficient (Wildman–Crippen LogP) is 1.15. The van der Waals surface area contributed by atoms with Crippen molar-refractivity contribution in [2.24, 2.45) is 0 Å². The molecule has 2 amide bonds. The number of likely N-dealkylation sites (tertiary alicyclic amines) is 1. The van der Waals surface area contributed by atoms with Gasteiger partial charge in [0.2, 0.25) is 5.91 Å². The molecule has 0 aromatic heterocycles. The summed E-state index contributed by atoms with van der Waals surface area (Å²) < 4.78 is 13.6. The molecule has 3 N–H and O–H groups in total. The fourth-order valence-corrected chi connectivity index (χ4v) is 2.26. The SMILES string of the molecule is CC(NC(=O)c1cc(N)ccc1F)C(=O)N1CCCC1. The third-order valence-electron chi connectivity index (χ3n) is 3.37. The minimum absolute atomic E-state index is 0.139. The van der Waals surface area contributed by atoms with Gasteiger partial charge in [0.25, 0.3) is 5.91 Å². The Labute approximate surface area is 116 Å². The van der Waals surface area contributed by atoms with Gasteiger partial charge in [0, 0.05) is 18.8 Å². The summed E-state index contributed by atoms with van der Waals surface area (Å²) in [6.07, 6.45) is 1.96. The number of nitrogens with zero attached hydrogens (tertiary/aromatic N) is 1. The number of rotatable bonds is 3. The van der Waals surface area contributed by atoms with Crippen molar-refractivity contribution in [3.05, 3.63) is 29.6 Å². The van der Waals surface area contributed by atoms with Crippen molar-refractivity contribution < 1.29 is 14.0 Å². The molecule has 0 saturated carbocycles. The second kappa shape index (κ2) is 5.90. The summed E-state index contributed by atoms with van der Waals surface area (Å²) in [5.74, 6) is -1.42. The quantitative estimate of drug-likeness (QED) is 0.815. The Morgan fingerprint density at radius 3 is 2.65 bits per heavy atom. The van der Waals surface area contributed by atoms with Crippen LogP contribution in [-0.2, 0) is 4.79 Å². The van der Waals surface area contributed by atoms with Gasteiger partial charge in [-0.1, -0.05) is 0 Å². The molecule has 2 rings (SSSR count). The highest BCUT2D eigenvalue weighted by molar-refractivity contribution is 5.98. The minimum Gasteiger partial charge on any atom is -0.399 e. The molecule has 1 heterocycles. The second-order valence-electron chi connectivity index (χ2n) is 4.97. The van der Waals surface area contributed by atoms with Crippen LogP contribution >= 0.6 is 0 Å². The number of nitrogens with two attached hydrogens (primary N) is 1. The van der Waals surface area contributed by atoms with Gasteiger partial charge in [-0.3, -0.25) is 9.59 Å². The molecule has 1 aromatic carbocycles. The van der Waals surface area contributed by atoms with E-state index in [4.69, 9.17) is 5.73 Å². The van der Waals surface area contributed by atoms with E-state index in [1.54, 1.807) is 11.8 Å². The monoisotopic (exact) mass is 279 g/mol. The van der Waals surface area contributed by atoms with Gasteiger partial charge < -0.3 is 16.0 Å². The fraction of sp³-hybridized carbons (Fsp3) is 0.429. The first-order valence-electron chi connectivity index (χ1n) is 6.63. The first kappa shape index (κ1) is 14.3. The van der Waals surface area contributed by atoms with E-state index in [9.17, 15) is 14.0 Å². The lowest BCUT2D eigenvalue weighted by atomic mass is 10.1. The van der Waals surface area contributed by atoms with E-state index >= 15 is 0 Å². The minimum atomic E-state index is -0.679. The molecule has 6 heteroatoms. The van der Waals surface area contributed by atoms with E-state index in [-0.39, 0.29) is 11.5 Å². The van der Waals surface area contributed by atoms with Crippen molar-refractivity contribution in [1.82, 2.24) is 10.2 Å². The lowest BCUT2D eigenvalue weighted by Crippen LogP contribution is -2.46. The van der Waals surface area contributed by atoms with Gasteiger partial charge in [-0.2, -0.15) is 0 Å². The summed E-state index contributed by atoms with van der Waals surface area (Å²) in [5.41, 5.74) is 5.69. The van der Waals surface area contributed by atoms with Crippen molar-refractivity contribution in [1.29, 1.82) is 0 Å². The average Bonchev–Trinajstić information content (AvgIpc) is 2.94. The van der Waals surface area contributed by atoms with Crippen molar-refractivity contribution >= 4 is 17.5 Å². The average molecular weight is 279 g/mol. The largest absolute Gasteiger partial charge is 0.399 e. The highest BCUT2D eigenvalue weighted by atomic mass is 19.1. The summed E-state index contributed by atoms with van der Waals surface area (Å²) in [4.78, 5) is 25.7. The van der Waals surface area contributed by atoms with Crippen molar-refractivity contribution in [3.8, 4) is 0 Å². The van der Waals surface area contributed by atoms with E-state index in [0.717, 1.165) is 18.9 Å². The van der Waals surface area contributed by atoms with Crippen LogP contribution in [0.25, 0.3) is 0 Å². The Bertz CT molecular complexity index is 527. The Kier molecular flexibility index (Phi) is 4.22. The molecule has 1 saturated heterocycles. The summed E-state index contributed by atoms with van der Waals surface area (Å²) in [7, 11) is 0. The molecule has 1 unspecified atom stereocenters. The number of carbonyl (C=O) groups excluding carboxylic acids is 2. The van der Waals surface area contributed by atoms with Crippen LogP contribution in [0.3, 0.4) is 0 Å². The zero-order valence-electron chi connectivity index (χ0n) is 11.4. The maximum Gasteiger partial charge on any atom is 0.254 e. The van der Waals surface area contributed by atoms with Crippen LogP contribution in [-0.4, -0.2) is 35.8 Å². The third-order valence-corrected chi connectivity index (χ3v) is 3.37. The number of anilines is 1. The van der Waals surface area contributed by atoms with E-state index in [1.807, 2.05) is 0 Å². The normalized spacial score (nSPS) is 16.0. The number of hydrogen-bond donors (Lipinski definition) is 2. The van der Waals surface area contributed by atoms with Crippen LogP contribution in [0.2, 0.25) is 0 Å². The molecule has 0 radical (unpaired) electrons. The number of halogens is 1. The van der Waals surface area contributed by atoms with Crippen LogP contribution in [0.4, 0.5) is 10.1 Å². The van der Waals surface area contributed by atoms with Crippen LogP contribution in [0, 0.1) is 5.82 Å². The van der Waals surface area contributed by atoms with Gasteiger partial charge in [0.05, 0.1) is 5.56 Å². The maximum atomic E-state index is 13.6. The Morgan fingerprint density at radius 1 is 1.35 bits per heavy atom. The van der Waals surface area contributed by atoms with E-state index in [1.165, 1.54) is 12.1 Å². The van der Waals surface area contributed by atoms with Gasteiger partial charge in [-0.25, -0.2) is 4.39 Å². The maximum absolute atomic E-state index is 13.6. The fourth-order valence-electron chi connectivity index (χ4n) is 2.26.